The van der Waals surface area contributed by atoms with Crippen LogP contribution in [0.2, 0.25) is 0 Å². The summed E-state index contributed by atoms with van der Waals surface area (Å²) in [4.78, 5) is 31.3. The molecule has 1 saturated heterocycles. The highest BCUT2D eigenvalue weighted by Crippen LogP contribution is 2.13. The molecule has 0 spiro atoms. The molecule has 66 valence electrons. The molecule has 0 aromatic heterocycles. The number of carboxylic acid groups (broad SMARTS) is 2. The van der Waals surface area contributed by atoms with E-state index >= 15 is 0 Å². The SMILES string of the molecule is O=C1NC(C(=O)O)(C(=O)O)CO1. The number of carbonyl (C=O) groups excluding carboxylic acids is 1. The van der Waals surface area contributed by atoms with Gasteiger partial charge in [0.25, 0.3) is 5.54 Å². The molecule has 12 heavy (non-hydrogen) atoms. The summed E-state index contributed by atoms with van der Waals surface area (Å²) in [6.07, 6.45) is -1.04. The van der Waals surface area contributed by atoms with E-state index < -0.39 is 30.2 Å². The zero-order chi connectivity index (χ0) is 9.35. The Bertz CT molecular complexity index is 245. The summed E-state index contributed by atoms with van der Waals surface area (Å²) in [6.45, 7) is -0.698. The molecule has 0 aliphatic carbocycles. The summed E-state index contributed by atoms with van der Waals surface area (Å²) in [5, 5.41) is 18.7. The molecule has 0 unspecified atom stereocenters. The first kappa shape index (κ1) is 8.31. The van der Waals surface area contributed by atoms with Crippen LogP contribution in [0.15, 0.2) is 0 Å². The lowest BCUT2D eigenvalue weighted by Crippen LogP contribution is -2.57. The van der Waals surface area contributed by atoms with Gasteiger partial charge in [0, 0.05) is 0 Å². The zero-order valence-electron chi connectivity index (χ0n) is 5.73. The number of aliphatic carboxylic acids is 2. The van der Waals surface area contributed by atoms with Crippen LogP contribution in [0.1, 0.15) is 0 Å². The lowest BCUT2D eigenvalue weighted by Gasteiger charge is -2.14. The van der Waals surface area contributed by atoms with Crippen LogP contribution in [0, 0.1) is 0 Å². The Kier molecular flexibility index (Phi) is 1.64. The van der Waals surface area contributed by atoms with Crippen LogP contribution in [0.25, 0.3) is 0 Å². The van der Waals surface area contributed by atoms with Gasteiger partial charge in [0.15, 0.2) is 0 Å². The maximum Gasteiger partial charge on any atom is 0.408 e. The van der Waals surface area contributed by atoms with Crippen molar-refractivity contribution in [2.45, 2.75) is 5.54 Å². The topological polar surface area (TPSA) is 113 Å². The maximum atomic E-state index is 10.4. The number of carbonyl (C=O) groups is 3. The summed E-state index contributed by atoms with van der Waals surface area (Å²) < 4.78 is 4.18. The van der Waals surface area contributed by atoms with Crippen molar-refractivity contribution in [1.82, 2.24) is 5.32 Å². The van der Waals surface area contributed by atoms with Crippen molar-refractivity contribution in [3.8, 4) is 0 Å². The fourth-order valence-corrected chi connectivity index (χ4v) is 0.742. The Hall–Kier alpha value is -1.79. The molecule has 0 bridgehead atoms. The van der Waals surface area contributed by atoms with Gasteiger partial charge in [-0.15, -0.1) is 0 Å². The molecule has 7 nitrogen and oxygen atoms in total. The van der Waals surface area contributed by atoms with Gasteiger partial charge in [0.1, 0.15) is 6.61 Å². The van der Waals surface area contributed by atoms with E-state index in [0.29, 0.717) is 0 Å². The highest BCUT2D eigenvalue weighted by Gasteiger charge is 2.54. The third kappa shape index (κ3) is 0.949. The lowest BCUT2D eigenvalue weighted by atomic mass is 10.0. The quantitative estimate of drug-likeness (QED) is 0.446. The van der Waals surface area contributed by atoms with E-state index in [1.165, 1.54) is 0 Å². The molecule has 0 atom stereocenters. The Morgan fingerprint density at radius 2 is 1.92 bits per heavy atom. The second-order valence-corrected chi connectivity index (χ2v) is 2.22. The predicted molar refractivity (Wildman–Crippen MR) is 32.5 cm³/mol. The molecule has 0 aromatic rings. The highest BCUT2D eigenvalue weighted by molar-refractivity contribution is 6.07. The van der Waals surface area contributed by atoms with Crippen molar-refractivity contribution in [2.75, 3.05) is 6.61 Å². The zero-order valence-corrected chi connectivity index (χ0v) is 5.73. The average Bonchev–Trinajstić information content (AvgIpc) is 2.32. The standard InChI is InChI=1S/C5H5NO6/c7-2(8)5(3(9)10)1-12-4(11)6-5/h1H2,(H,6,11)(H,7,8)(H,9,10). The monoisotopic (exact) mass is 175 g/mol. The third-order valence-corrected chi connectivity index (χ3v) is 1.47. The van der Waals surface area contributed by atoms with E-state index in [1.807, 2.05) is 0 Å². The Balaban J connectivity index is 2.97. The number of amides is 1. The van der Waals surface area contributed by atoms with Crippen molar-refractivity contribution in [3.05, 3.63) is 0 Å². The molecule has 1 amide bonds. The van der Waals surface area contributed by atoms with Crippen LogP contribution in [0.3, 0.4) is 0 Å². The summed E-state index contributed by atoms with van der Waals surface area (Å²) in [7, 11) is 0. The minimum absolute atomic E-state index is 0.698. The van der Waals surface area contributed by atoms with Crippen LogP contribution in [-0.4, -0.2) is 40.4 Å². The number of alkyl carbamates (subject to hydrolysis) is 1. The lowest BCUT2D eigenvalue weighted by molar-refractivity contribution is -0.158. The van der Waals surface area contributed by atoms with Gasteiger partial charge in [-0.3, -0.25) is 5.32 Å². The Morgan fingerprint density at radius 3 is 2.08 bits per heavy atom. The van der Waals surface area contributed by atoms with E-state index in [9.17, 15) is 14.4 Å². The minimum Gasteiger partial charge on any atom is -0.479 e. The van der Waals surface area contributed by atoms with Gasteiger partial charge >= 0.3 is 18.0 Å². The van der Waals surface area contributed by atoms with Gasteiger partial charge in [0.05, 0.1) is 0 Å². The number of ether oxygens (including phenoxy) is 1. The second kappa shape index (κ2) is 2.36. The van der Waals surface area contributed by atoms with Crippen molar-refractivity contribution in [2.24, 2.45) is 0 Å². The average molecular weight is 175 g/mol. The second-order valence-electron chi connectivity index (χ2n) is 2.22. The van der Waals surface area contributed by atoms with Gasteiger partial charge in [-0.25, -0.2) is 14.4 Å². The number of cyclic esters (lactones) is 1. The van der Waals surface area contributed by atoms with E-state index in [-0.39, 0.29) is 0 Å². The fraction of sp³-hybridized carbons (Fsp3) is 0.400. The summed E-state index contributed by atoms with van der Waals surface area (Å²) in [5.74, 6) is -3.30. The molecule has 1 rings (SSSR count). The van der Waals surface area contributed by atoms with Crippen molar-refractivity contribution in [3.63, 3.8) is 0 Å². The fourth-order valence-electron chi connectivity index (χ4n) is 0.742. The van der Waals surface area contributed by atoms with Crippen molar-refractivity contribution < 1.29 is 29.3 Å². The van der Waals surface area contributed by atoms with Gasteiger partial charge in [-0.05, 0) is 0 Å². The molecular formula is C5H5NO6. The molecule has 1 fully saturated rings. The normalized spacial score (nSPS) is 19.5. The van der Waals surface area contributed by atoms with E-state index in [4.69, 9.17) is 10.2 Å². The molecule has 1 aliphatic heterocycles. The molecule has 0 radical (unpaired) electrons. The van der Waals surface area contributed by atoms with Gasteiger partial charge < -0.3 is 14.9 Å². The first-order chi connectivity index (χ1) is 5.49. The van der Waals surface area contributed by atoms with E-state index in [0.717, 1.165) is 0 Å². The molecule has 7 heteroatoms. The summed E-state index contributed by atoms with van der Waals surface area (Å²) >= 11 is 0. The molecule has 1 aliphatic rings. The van der Waals surface area contributed by atoms with Crippen LogP contribution in [-0.2, 0) is 14.3 Å². The Morgan fingerprint density at radius 1 is 1.42 bits per heavy atom. The molecular weight excluding hydrogens is 170 g/mol. The number of hydrogen-bond donors (Lipinski definition) is 3. The molecule has 3 N–H and O–H groups in total. The number of nitrogens with one attached hydrogen (secondary N) is 1. The largest absolute Gasteiger partial charge is 0.479 e. The van der Waals surface area contributed by atoms with Crippen LogP contribution >= 0.6 is 0 Å². The predicted octanol–water partition coefficient (Wildman–Crippen LogP) is -1.37. The van der Waals surface area contributed by atoms with E-state index in [2.05, 4.69) is 4.74 Å². The van der Waals surface area contributed by atoms with Gasteiger partial charge in [-0.2, -0.15) is 0 Å². The minimum atomic E-state index is -2.32. The first-order valence-corrected chi connectivity index (χ1v) is 2.91. The summed E-state index contributed by atoms with van der Waals surface area (Å²) in [5.41, 5.74) is -2.32. The van der Waals surface area contributed by atoms with Crippen molar-refractivity contribution in [1.29, 1.82) is 0 Å². The summed E-state index contributed by atoms with van der Waals surface area (Å²) in [6, 6.07) is 0. The third-order valence-electron chi connectivity index (χ3n) is 1.47. The van der Waals surface area contributed by atoms with Crippen LogP contribution in [0.5, 0.6) is 0 Å². The van der Waals surface area contributed by atoms with Crippen LogP contribution in [0.4, 0.5) is 4.79 Å². The first-order valence-electron chi connectivity index (χ1n) is 2.91. The van der Waals surface area contributed by atoms with Crippen molar-refractivity contribution >= 4 is 18.0 Å². The highest BCUT2D eigenvalue weighted by atomic mass is 16.6. The van der Waals surface area contributed by atoms with E-state index in [1.54, 1.807) is 5.32 Å². The maximum absolute atomic E-state index is 10.4. The molecule has 1 heterocycles. The van der Waals surface area contributed by atoms with Gasteiger partial charge in [0.2, 0.25) is 0 Å². The Labute approximate surface area is 65.9 Å². The number of hydrogen-bond acceptors (Lipinski definition) is 4. The number of rotatable bonds is 2. The van der Waals surface area contributed by atoms with Crippen LogP contribution < -0.4 is 5.32 Å². The van der Waals surface area contributed by atoms with Gasteiger partial charge in [-0.1, -0.05) is 0 Å². The number of carboxylic acids is 2. The smallest absolute Gasteiger partial charge is 0.408 e. The molecule has 0 aromatic carbocycles. The molecule has 0 saturated carbocycles.